The molecule has 1 amide bonds. The number of hydrogen-bond donors (Lipinski definition) is 1. The Morgan fingerprint density at radius 3 is 2.26 bits per heavy atom. The van der Waals surface area contributed by atoms with Gasteiger partial charge in [-0.25, -0.2) is 8.42 Å². The van der Waals surface area contributed by atoms with Crippen LogP contribution >= 0.6 is 0 Å². The van der Waals surface area contributed by atoms with Crippen molar-refractivity contribution in [3.8, 4) is 5.75 Å². The number of para-hydroxylation sites is 2. The van der Waals surface area contributed by atoms with E-state index < -0.39 is 10.0 Å². The van der Waals surface area contributed by atoms with E-state index in [2.05, 4.69) is 21.2 Å². The number of sulfonamides is 1. The molecule has 2 fully saturated rings. The van der Waals surface area contributed by atoms with Crippen LogP contribution < -0.4 is 15.0 Å². The fourth-order valence-electron chi connectivity index (χ4n) is 4.57. The number of benzene rings is 2. The van der Waals surface area contributed by atoms with Gasteiger partial charge in [0.25, 0.3) is 5.91 Å². The van der Waals surface area contributed by atoms with Gasteiger partial charge in [-0.15, -0.1) is 0 Å². The summed E-state index contributed by atoms with van der Waals surface area (Å²) in [6.07, 6.45) is 2.87. The number of piperazine rings is 1. The van der Waals surface area contributed by atoms with Gasteiger partial charge in [-0.1, -0.05) is 18.6 Å². The average molecular weight is 487 g/mol. The summed E-state index contributed by atoms with van der Waals surface area (Å²) in [5.41, 5.74) is 1.59. The maximum Gasteiger partial charge on any atom is 0.251 e. The topological polar surface area (TPSA) is 82.2 Å². The summed E-state index contributed by atoms with van der Waals surface area (Å²) >= 11 is 0. The third kappa shape index (κ3) is 5.71. The molecule has 4 rings (SSSR count). The van der Waals surface area contributed by atoms with Gasteiger partial charge in [0.2, 0.25) is 10.0 Å². The first kappa shape index (κ1) is 24.5. The highest BCUT2D eigenvalue weighted by Gasteiger charge is 2.26. The van der Waals surface area contributed by atoms with Crippen LogP contribution in [0.2, 0.25) is 0 Å². The molecular formula is C25H34N4O4S. The molecule has 34 heavy (non-hydrogen) atoms. The Morgan fingerprint density at radius 1 is 0.912 bits per heavy atom. The predicted molar refractivity (Wildman–Crippen MR) is 133 cm³/mol. The Bertz CT molecular complexity index is 1060. The van der Waals surface area contributed by atoms with Gasteiger partial charge in [0.1, 0.15) is 5.75 Å². The van der Waals surface area contributed by atoms with Crippen LogP contribution in [0.4, 0.5) is 5.69 Å². The van der Waals surface area contributed by atoms with Gasteiger partial charge < -0.3 is 15.0 Å². The van der Waals surface area contributed by atoms with Crippen LogP contribution in [-0.4, -0.2) is 83.0 Å². The fraction of sp³-hybridized carbons (Fsp3) is 0.480. The number of hydrogen-bond acceptors (Lipinski definition) is 6. The Kier molecular flexibility index (Phi) is 8.07. The number of carbonyl (C=O) groups excluding carboxylic acids is 1. The van der Waals surface area contributed by atoms with E-state index in [1.807, 2.05) is 18.2 Å². The van der Waals surface area contributed by atoms with Crippen molar-refractivity contribution in [1.82, 2.24) is 14.5 Å². The first-order valence-corrected chi connectivity index (χ1v) is 13.4. The summed E-state index contributed by atoms with van der Waals surface area (Å²) in [6, 6.07) is 14.3. The number of carbonyl (C=O) groups is 1. The van der Waals surface area contributed by atoms with Crippen molar-refractivity contribution in [2.75, 3.05) is 64.4 Å². The van der Waals surface area contributed by atoms with E-state index in [4.69, 9.17) is 4.74 Å². The minimum absolute atomic E-state index is 0.186. The van der Waals surface area contributed by atoms with Crippen molar-refractivity contribution in [1.29, 1.82) is 0 Å². The highest BCUT2D eigenvalue weighted by molar-refractivity contribution is 7.89. The number of nitrogens with zero attached hydrogens (tertiary/aromatic N) is 3. The van der Waals surface area contributed by atoms with Crippen LogP contribution in [0.5, 0.6) is 5.75 Å². The number of amides is 1. The smallest absolute Gasteiger partial charge is 0.251 e. The molecule has 2 saturated heterocycles. The van der Waals surface area contributed by atoms with Gasteiger partial charge in [-0.2, -0.15) is 4.31 Å². The zero-order chi connectivity index (χ0) is 24.0. The van der Waals surface area contributed by atoms with Crippen molar-refractivity contribution >= 4 is 21.6 Å². The Hall–Kier alpha value is -2.62. The van der Waals surface area contributed by atoms with Crippen molar-refractivity contribution in [2.45, 2.75) is 24.2 Å². The molecule has 0 unspecified atom stereocenters. The van der Waals surface area contributed by atoms with E-state index in [9.17, 15) is 13.2 Å². The molecule has 2 heterocycles. The molecule has 2 aromatic rings. The minimum atomic E-state index is -3.48. The van der Waals surface area contributed by atoms with Gasteiger partial charge in [-0.05, 0) is 49.2 Å². The van der Waals surface area contributed by atoms with Crippen molar-refractivity contribution in [3.05, 3.63) is 54.1 Å². The summed E-state index contributed by atoms with van der Waals surface area (Å²) in [5.74, 6) is 0.701. The molecule has 0 radical (unpaired) electrons. The molecule has 0 saturated carbocycles. The van der Waals surface area contributed by atoms with Crippen LogP contribution in [-0.2, 0) is 10.0 Å². The van der Waals surface area contributed by atoms with E-state index >= 15 is 0 Å². The Labute approximate surface area is 202 Å². The summed E-state index contributed by atoms with van der Waals surface area (Å²) in [6.45, 7) is 6.08. The molecule has 2 aliphatic heterocycles. The van der Waals surface area contributed by atoms with Crippen LogP contribution in [0.3, 0.4) is 0 Å². The number of nitrogens with one attached hydrogen (secondary N) is 1. The van der Waals surface area contributed by atoms with Gasteiger partial charge in [-0.3, -0.25) is 9.69 Å². The van der Waals surface area contributed by atoms with Crippen molar-refractivity contribution < 1.29 is 17.9 Å². The summed E-state index contributed by atoms with van der Waals surface area (Å²) in [7, 11) is -1.79. The van der Waals surface area contributed by atoms with Crippen molar-refractivity contribution in [3.63, 3.8) is 0 Å². The highest BCUT2D eigenvalue weighted by atomic mass is 32.2. The first-order valence-electron chi connectivity index (χ1n) is 12.0. The standard InChI is InChI=1S/C25H34N4O4S/c1-33-24-8-4-3-7-23(24)28-19-17-27(18-20-28)16-13-26-25(30)21-9-11-22(12-10-21)34(31,32)29-14-5-2-6-15-29/h3-4,7-12H,2,5-6,13-20H2,1H3,(H,26,30). The van der Waals surface area contributed by atoms with Crippen LogP contribution in [0.1, 0.15) is 29.6 Å². The molecule has 2 aromatic carbocycles. The van der Waals surface area contributed by atoms with Crippen LogP contribution in [0.15, 0.2) is 53.4 Å². The normalized spacial score (nSPS) is 18.0. The zero-order valence-corrected chi connectivity index (χ0v) is 20.6. The fourth-order valence-corrected chi connectivity index (χ4v) is 6.08. The minimum Gasteiger partial charge on any atom is -0.495 e. The van der Waals surface area contributed by atoms with Gasteiger partial charge in [0.05, 0.1) is 17.7 Å². The van der Waals surface area contributed by atoms with E-state index in [-0.39, 0.29) is 10.8 Å². The molecule has 0 bridgehead atoms. The number of methoxy groups -OCH3 is 1. The lowest BCUT2D eigenvalue weighted by molar-refractivity contribution is 0.0947. The lowest BCUT2D eigenvalue weighted by Gasteiger charge is -2.36. The molecule has 0 atom stereocenters. The Balaban J connectivity index is 1.23. The van der Waals surface area contributed by atoms with Crippen molar-refractivity contribution in [2.24, 2.45) is 0 Å². The molecule has 0 spiro atoms. The first-order chi connectivity index (χ1) is 16.5. The maximum absolute atomic E-state index is 12.8. The quantitative estimate of drug-likeness (QED) is 0.617. The highest BCUT2D eigenvalue weighted by Crippen LogP contribution is 2.28. The molecule has 0 aliphatic carbocycles. The van der Waals surface area contributed by atoms with E-state index in [0.717, 1.165) is 63.4 Å². The van der Waals surface area contributed by atoms with Gasteiger partial charge >= 0.3 is 0 Å². The molecule has 2 aliphatic rings. The SMILES string of the molecule is COc1ccccc1N1CCN(CCNC(=O)c2ccc(S(=O)(=O)N3CCCCC3)cc2)CC1. The maximum atomic E-state index is 12.8. The largest absolute Gasteiger partial charge is 0.495 e. The monoisotopic (exact) mass is 486 g/mol. The van der Waals surface area contributed by atoms with Crippen LogP contribution in [0, 0.1) is 0 Å². The number of piperidine rings is 1. The van der Waals surface area contributed by atoms with Gasteiger partial charge in [0.15, 0.2) is 0 Å². The third-order valence-corrected chi connectivity index (χ3v) is 8.49. The average Bonchev–Trinajstić information content (AvgIpc) is 2.89. The summed E-state index contributed by atoms with van der Waals surface area (Å²) in [5, 5.41) is 2.95. The number of ether oxygens (including phenoxy) is 1. The molecule has 9 heteroatoms. The van der Waals surface area contributed by atoms with E-state index in [0.29, 0.717) is 25.2 Å². The predicted octanol–water partition coefficient (Wildman–Crippen LogP) is 2.42. The molecule has 184 valence electrons. The lowest BCUT2D eigenvalue weighted by Crippen LogP contribution is -2.48. The number of rotatable bonds is 8. The van der Waals surface area contributed by atoms with E-state index in [1.54, 1.807) is 23.5 Å². The second-order valence-electron chi connectivity index (χ2n) is 8.75. The third-order valence-electron chi connectivity index (χ3n) is 6.58. The second-order valence-corrected chi connectivity index (χ2v) is 10.7. The lowest BCUT2D eigenvalue weighted by atomic mass is 10.2. The molecule has 8 nitrogen and oxygen atoms in total. The number of anilines is 1. The summed E-state index contributed by atoms with van der Waals surface area (Å²) in [4.78, 5) is 17.5. The Morgan fingerprint density at radius 2 is 1.59 bits per heavy atom. The molecule has 1 N–H and O–H groups in total. The molecular weight excluding hydrogens is 452 g/mol. The van der Waals surface area contributed by atoms with Gasteiger partial charge in [0, 0.05) is 57.9 Å². The van der Waals surface area contributed by atoms with Crippen LogP contribution in [0.25, 0.3) is 0 Å². The van der Waals surface area contributed by atoms with E-state index in [1.165, 1.54) is 12.1 Å². The second kappa shape index (κ2) is 11.2. The molecule has 0 aromatic heterocycles. The summed E-state index contributed by atoms with van der Waals surface area (Å²) < 4.78 is 32.6. The zero-order valence-electron chi connectivity index (χ0n) is 19.8.